The van der Waals surface area contributed by atoms with Gasteiger partial charge >= 0.3 is 0 Å². The van der Waals surface area contributed by atoms with E-state index in [1.54, 1.807) is 12.1 Å². The predicted molar refractivity (Wildman–Crippen MR) is 140 cm³/mol. The smallest absolute Gasteiger partial charge is 0.0786 e. The van der Waals surface area contributed by atoms with Crippen molar-refractivity contribution in [2.24, 2.45) is 0 Å². The molecular weight excluding hydrogens is 392 g/mol. The van der Waals surface area contributed by atoms with Crippen LogP contribution in [0.2, 0.25) is 0 Å². The highest BCUT2D eigenvalue weighted by molar-refractivity contribution is 5.04. The molecule has 3 heteroatoms. The number of unbranched alkanes of at least 4 members (excludes halogenated alkanes) is 12. The lowest BCUT2D eigenvalue weighted by molar-refractivity contribution is -0.929. The third-order valence-corrected chi connectivity index (χ3v) is 6.58. The Bertz CT molecular complexity index is 424. The highest BCUT2D eigenvalue weighted by Gasteiger charge is 2.25. The van der Waals surface area contributed by atoms with Crippen molar-refractivity contribution in [3.8, 4) is 5.88 Å². The van der Waals surface area contributed by atoms with Crippen molar-refractivity contribution in [2.45, 2.75) is 130 Å². The molecule has 0 aromatic carbocycles. The Morgan fingerprint density at radius 1 is 0.562 bits per heavy atom. The molecule has 0 aliphatic rings. The number of nitrogens with zero attached hydrogens (tertiary/aromatic N) is 2. The first kappa shape index (κ1) is 30.9. The zero-order valence-corrected chi connectivity index (χ0v) is 22.3. The van der Waals surface area contributed by atoms with Crippen molar-refractivity contribution in [2.75, 3.05) is 26.2 Å². The summed E-state index contributed by atoms with van der Waals surface area (Å²) in [4.78, 5) is 3.42. The molecule has 0 aliphatic carbocycles. The van der Waals surface area contributed by atoms with E-state index in [9.17, 15) is 5.11 Å². The van der Waals surface area contributed by atoms with Gasteiger partial charge in [-0.1, -0.05) is 91.2 Å². The third-order valence-electron chi connectivity index (χ3n) is 6.58. The van der Waals surface area contributed by atoms with Gasteiger partial charge < -0.3 is 9.59 Å². The van der Waals surface area contributed by atoms with E-state index in [1.165, 1.54) is 146 Å². The van der Waals surface area contributed by atoms with Gasteiger partial charge in [0, 0.05) is 6.20 Å². The minimum Gasteiger partial charge on any atom is -0.859 e. The van der Waals surface area contributed by atoms with E-state index < -0.39 is 0 Å². The lowest BCUT2D eigenvalue weighted by Gasteiger charge is -2.39. The molecule has 1 aromatic heterocycles. The van der Waals surface area contributed by atoms with Gasteiger partial charge in [0.15, 0.2) is 0 Å². The summed E-state index contributed by atoms with van der Waals surface area (Å²) in [6.45, 7) is 15.2. The number of hydrogen-bond acceptors (Lipinski definition) is 2. The average molecular weight is 449 g/mol. The van der Waals surface area contributed by atoms with Crippen LogP contribution in [-0.4, -0.2) is 35.6 Å². The Balaban J connectivity index is 0.00000115. The number of rotatable bonds is 20. The standard InChI is InChI=1S/C24H52N.C5H5NO/c1-5-9-13-17-21-25(22-18-14-10-6-2,23-19-15-11-7-3)24-20-16-12-8-4;7-5-3-1-2-4-6-5/h5-24H2,1-4H3;1-4H,(H,6,7)/q+1;/p-1. The summed E-state index contributed by atoms with van der Waals surface area (Å²) in [5.74, 6) is -0.178. The maximum atomic E-state index is 10.2. The lowest BCUT2D eigenvalue weighted by Crippen LogP contribution is -2.50. The summed E-state index contributed by atoms with van der Waals surface area (Å²) in [6.07, 6.45) is 24.3. The van der Waals surface area contributed by atoms with Gasteiger partial charge in [-0.05, 0) is 63.3 Å². The van der Waals surface area contributed by atoms with E-state index in [2.05, 4.69) is 32.7 Å². The van der Waals surface area contributed by atoms with Gasteiger partial charge in [0.25, 0.3) is 0 Å². The van der Waals surface area contributed by atoms with Crippen LogP contribution in [0.25, 0.3) is 0 Å². The highest BCUT2D eigenvalue weighted by atomic mass is 16.3. The van der Waals surface area contributed by atoms with Gasteiger partial charge in [-0.25, -0.2) is 0 Å². The summed E-state index contributed by atoms with van der Waals surface area (Å²) < 4.78 is 1.46. The fourth-order valence-electron chi connectivity index (χ4n) is 4.51. The molecule has 0 bridgehead atoms. The van der Waals surface area contributed by atoms with Gasteiger partial charge in [-0.3, -0.25) is 4.98 Å². The van der Waals surface area contributed by atoms with Gasteiger partial charge in [-0.2, -0.15) is 0 Å². The van der Waals surface area contributed by atoms with E-state index in [0.717, 1.165) is 0 Å². The molecule has 0 spiro atoms. The normalized spacial score (nSPS) is 11.2. The second kappa shape index (κ2) is 23.1. The van der Waals surface area contributed by atoms with Crippen LogP contribution in [0.3, 0.4) is 0 Å². The third kappa shape index (κ3) is 18.5. The van der Waals surface area contributed by atoms with Crippen molar-refractivity contribution in [3.05, 3.63) is 24.4 Å². The van der Waals surface area contributed by atoms with Crippen molar-refractivity contribution >= 4 is 0 Å². The molecule has 3 nitrogen and oxygen atoms in total. The molecule has 0 saturated heterocycles. The molecule has 0 saturated carbocycles. The maximum Gasteiger partial charge on any atom is 0.0786 e. The first-order chi connectivity index (χ1) is 15.6. The number of hydrogen-bond donors (Lipinski definition) is 0. The molecule has 188 valence electrons. The summed E-state index contributed by atoms with van der Waals surface area (Å²) in [6, 6.07) is 4.79. The zero-order chi connectivity index (χ0) is 23.8. The van der Waals surface area contributed by atoms with Crippen LogP contribution in [0.4, 0.5) is 0 Å². The van der Waals surface area contributed by atoms with E-state index in [1.807, 2.05) is 0 Å². The fraction of sp³-hybridized carbons (Fsp3) is 0.828. The zero-order valence-electron chi connectivity index (χ0n) is 22.3. The minimum absolute atomic E-state index is 0.178. The molecule has 0 fully saturated rings. The van der Waals surface area contributed by atoms with E-state index in [4.69, 9.17) is 0 Å². The number of pyridine rings is 1. The molecule has 0 amide bonds. The largest absolute Gasteiger partial charge is 0.859 e. The molecule has 1 aromatic rings. The molecule has 32 heavy (non-hydrogen) atoms. The molecular formula is C29H56N2O. The van der Waals surface area contributed by atoms with E-state index >= 15 is 0 Å². The monoisotopic (exact) mass is 448 g/mol. The van der Waals surface area contributed by atoms with Crippen LogP contribution in [0.5, 0.6) is 5.88 Å². The van der Waals surface area contributed by atoms with Crippen LogP contribution in [0.15, 0.2) is 24.4 Å². The van der Waals surface area contributed by atoms with Crippen molar-refractivity contribution in [3.63, 3.8) is 0 Å². The van der Waals surface area contributed by atoms with Gasteiger partial charge in [0.1, 0.15) is 0 Å². The first-order valence-corrected chi connectivity index (χ1v) is 14.1. The fourth-order valence-corrected chi connectivity index (χ4v) is 4.51. The van der Waals surface area contributed by atoms with Crippen LogP contribution in [0, 0.1) is 0 Å². The Morgan fingerprint density at radius 3 is 1.16 bits per heavy atom. The lowest BCUT2D eigenvalue weighted by atomic mass is 10.1. The molecule has 0 unspecified atom stereocenters. The molecule has 0 atom stereocenters. The Kier molecular flexibility index (Phi) is 22.3. The van der Waals surface area contributed by atoms with Crippen molar-refractivity contribution in [1.82, 2.24) is 4.98 Å². The molecule has 0 radical (unpaired) electrons. The van der Waals surface area contributed by atoms with Crippen LogP contribution >= 0.6 is 0 Å². The topological polar surface area (TPSA) is 36.0 Å². The molecule has 0 N–H and O–H groups in total. The Labute approximate surface area is 201 Å². The molecule has 1 rings (SSSR count). The molecule has 0 aliphatic heterocycles. The van der Waals surface area contributed by atoms with Crippen LogP contribution in [0.1, 0.15) is 130 Å². The number of aromatic nitrogens is 1. The molecule has 1 heterocycles. The summed E-state index contributed by atoms with van der Waals surface area (Å²) >= 11 is 0. The van der Waals surface area contributed by atoms with E-state index in [-0.39, 0.29) is 5.88 Å². The summed E-state index contributed by atoms with van der Waals surface area (Å²) in [5, 5.41) is 10.2. The predicted octanol–water partition coefficient (Wildman–Crippen LogP) is 8.28. The first-order valence-electron chi connectivity index (χ1n) is 14.1. The van der Waals surface area contributed by atoms with Crippen molar-refractivity contribution < 1.29 is 9.59 Å². The van der Waals surface area contributed by atoms with Gasteiger partial charge in [0.2, 0.25) is 0 Å². The van der Waals surface area contributed by atoms with E-state index in [0.29, 0.717) is 0 Å². The SMILES string of the molecule is CCCCCC[N+](CCCCCC)(CCCCCC)CCCCCC.[O-]c1ccccn1. The van der Waals surface area contributed by atoms with Crippen LogP contribution in [-0.2, 0) is 0 Å². The van der Waals surface area contributed by atoms with Gasteiger partial charge in [-0.15, -0.1) is 0 Å². The Hall–Kier alpha value is -1.09. The van der Waals surface area contributed by atoms with Crippen LogP contribution < -0.4 is 5.11 Å². The highest BCUT2D eigenvalue weighted by Crippen LogP contribution is 2.19. The second-order valence-electron chi connectivity index (χ2n) is 9.65. The average Bonchev–Trinajstić information content (AvgIpc) is 2.81. The summed E-state index contributed by atoms with van der Waals surface area (Å²) in [5.41, 5.74) is 0. The quantitative estimate of drug-likeness (QED) is 0.149. The summed E-state index contributed by atoms with van der Waals surface area (Å²) in [7, 11) is 0. The number of quaternary nitrogens is 1. The second-order valence-corrected chi connectivity index (χ2v) is 9.65. The van der Waals surface area contributed by atoms with Crippen molar-refractivity contribution in [1.29, 1.82) is 0 Å². The minimum atomic E-state index is -0.178. The Morgan fingerprint density at radius 2 is 0.938 bits per heavy atom. The van der Waals surface area contributed by atoms with Gasteiger partial charge in [0.05, 0.1) is 26.2 Å². The maximum absolute atomic E-state index is 10.2.